The largest absolute Gasteiger partial charge is 0.244 e. The Labute approximate surface area is 121 Å². The molecule has 1 aromatic rings. The molecule has 0 amide bonds. The van der Waals surface area contributed by atoms with Crippen molar-refractivity contribution in [3.8, 4) is 0 Å². The number of hydrogen-bond acceptors (Lipinski definition) is 3. The number of halogens is 1. The van der Waals surface area contributed by atoms with Crippen LogP contribution in [0.4, 0.5) is 0 Å². The highest BCUT2D eigenvalue weighted by Gasteiger charge is 2.37. The van der Waals surface area contributed by atoms with Gasteiger partial charge in [0, 0.05) is 17.5 Å². The Morgan fingerprint density at radius 2 is 2.17 bits per heavy atom. The summed E-state index contributed by atoms with van der Waals surface area (Å²) in [6, 6.07) is 1.87. The molecule has 1 atom stereocenters. The maximum atomic E-state index is 12.7. The van der Waals surface area contributed by atoms with Gasteiger partial charge in [-0.1, -0.05) is 13.8 Å². The van der Waals surface area contributed by atoms with Gasteiger partial charge in [-0.2, -0.15) is 4.31 Å². The number of nitrogens with zero attached hydrogens (tertiary/aromatic N) is 1. The van der Waals surface area contributed by atoms with Crippen molar-refractivity contribution in [3.05, 3.63) is 14.7 Å². The van der Waals surface area contributed by atoms with Crippen LogP contribution in [0, 0.1) is 12.8 Å². The minimum Gasteiger partial charge on any atom is -0.207 e. The smallest absolute Gasteiger partial charge is 0.207 e. The van der Waals surface area contributed by atoms with Crippen molar-refractivity contribution in [2.75, 3.05) is 6.54 Å². The molecule has 1 fully saturated rings. The van der Waals surface area contributed by atoms with Crippen LogP contribution < -0.4 is 0 Å². The Balaban J connectivity index is 2.40. The highest BCUT2D eigenvalue weighted by Crippen LogP contribution is 2.35. The molecule has 1 aromatic heterocycles. The summed E-state index contributed by atoms with van der Waals surface area (Å²) in [5, 5.41) is 0. The molecule has 1 saturated heterocycles. The molecule has 0 radical (unpaired) electrons. The van der Waals surface area contributed by atoms with Crippen molar-refractivity contribution in [3.63, 3.8) is 0 Å². The van der Waals surface area contributed by atoms with E-state index >= 15 is 0 Å². The third kappa shape index (κ3) is 2.53. The van der Waals surface area contributed by atoms with Crippen LogP contribution in [-0.2, 0) is 10.0 Å². The fraction of sp³-hybridized carbons (Fsp3) is 0.667. The molecule has 18 heavy (non-hydrogen) atoms. The van der Waals surface area contributed by atoms with E-state index in [0.29, 0.717) is 17.4 Å². The number of hydrogen-bond donors (Lipinski definition) is 0. The zero-order valence-corrected chi connectivity index (χ0v) is 14.0. The van der Waals surface area contributed by atoms with Crippen molar-refractivity contribution >= 4 is 37.3 Å². The first-order chi connectivity index (χ1) is 8.34. The predicted octanol–water partition coefficient (Wildman–Crippen LogP) is 3.63. The predicted molar refractivity (Wildman–Crippen MR) is 78.5 cm³/mol. The van der Waals surface area contributed by atoms with E-state index in [1.165, 1.54) is 11.3 Å². The van der Waals surface area contributed by atoms with Crippen LogP contribution >= 0.6 is 27.3 Å². The maximum Gasteiger partial charge on any atom is 0.244 e. The minimum absolute atomic E-state index is 0.146. The molecule has 0 N–H and O–H groups in total. The van der Waals surface area contributed by atoms with Crippen LogP contribution in [0.15, 0.2) is 14.7 Å². The SMILES string of the molecule is Cc1sc(Br)cc1S(=O)(=O)N1CCCC1C(C)C. The summed E-state index contributed by atoms with van der Waals surface area (Å²) >= 11 is 4.84. The quantitative estimate of drug-likeness (QED) is 0.833. The van der Waals surface area contributed by atoms with Crippen molar-refractivity contribution < 1.29 is 8.42 Å². The average Bonchev–Trinajstić information content (AvgIpc) is 2.84. The first-order valence-corrected chi connectivity index (χ1v) is 9.16. The van der Waals surface area contributed by atoms with E-state index < -0.39 is 10.0 Å². The number of sulfonamides is 1. The summed E-state index contributed by atoms with van der Waals surface area (Å²) in [5.74, 6) is 0.365. The maximum absolute atomic E-state index is 12.7. The molecule has 1 aliphatic heterocycles. The van der Waals surface area contributed by atoms with Gasteiger partial charge in [0.15, 0.2) is 0 Å². The van der Waals surface area contributed by atoms with Crippen LogP contribution in [0.1, 0.15) is 31.6 Å². The first kappa shape index (κ1) is 14.5. The van der Waals surface area contributed by atoms with Crippen molar-refractivity contribution in [2.24, 2.45) is 5.92 Å². The minimum atomic E-state index is -3.33. The second-order valence-electron chi connectivity index (χ2n) is 5.04. The molecule has 6 heteroatoms. The Bertz CT molecular complexity index is 536. The molecule has 2 rings (SSSR count). The van der Waals surface area contributed by atoms with Gasteiger partial charge in [0.2, 0.25) is 10.0 Å². The van der Waals surface area contributed by atoms with Crippen molar-refractivity contribution in [1.29, 1.82) is 0 Å². The number of thiophene rings is 1. The van der Waals surface area contributed by atoms with Gasteiger partial charge >= 0.3 is 0 Å². The third-order valence-corrected chi connectivity index (χ3v) is 7.18. The van der Waals surface area contributed by atoms with Crippen molar-refractivity contribution in [2.45, 2.75) is 44.6 Å². The van der Waals surface area contributed by atoms with E-state index in [4.69, 9.17) is 0 Å². The van der Waals surface area contributed by atoms with Gasteiger partial charge in [-0.15, -0.1) is 11.3 Å². The standard InChI is InChI=1S/C12H18BrNO2S2/c1-8(2)10-5-4-6-14(10)18(15,16)11-7-12(13)17-9(11)3/h7-8,10H,4-6H2,1-3H3. The lowest BCUT2D eigenvalue weighted by Gasteiger charge is -2.26. The Morgan fingerprint density at radius 3 is 2.67 bits per heavy atom. The monoisotopic (exact) mass is 351 g/mol. The molecule has 0 saturated carbocycles. The lowest BCUT2D eigenvalue weighted by molar-refractivity contribution is 0.315. The topological polar surface area (TPSA) is 37.4 Å². The van der Waals surface area contributed by atoms with Crippen LogP contribution in [0.2, 0.25) is 0 Å². The summed E-state index contributed by atoms with van der Waals surface area (Å²) in [7, 11) is -3.33. The van der Waals surface area contributed by atoms with Crippen LogP contribution in [0.3, 0.4) is 0 Å². The first-order valence-electron chi connectivity index (χ1n) is 6.12. The van der Waals surface area contributed by atoms with Gasteiger partial charge in [-0.3, -0.25) is 0 Å². The highest BCUT2D eigenvalue weighted by atomic mass is 79.9. The van der Waals surface area contributed by atoms with Gasteiger partial charge in [0.25, 0.3) is 0 Å². The summed E-state index contributed by atoms with van der Waals surface area (Å²) in [5.41, 5.74) is 0. The van der Waals surface area contributed by atoms with Gasteiger partial charge in [0.05, 0.1) is 8.68 Å². The molecule has 0 spiro atoms. The molecular weight excluding hydrogens is 334 g/mol. The van der Waals surface area contributed by atoms with Gasteiger partial charge in [-0.05, 0) is 47.7 Å². The molecule has 102 valence electrons. The van der Waals surface area contributed by atoms with Gasteiger partial charge in [0.1, 0.15) is 0 Å². The number of aryl methyl sites for hydroxylation is 1. The van der Waals surface area contributed by atoms with Crippen LogP contribution in [0.25, 0.3) is 0 Å². The Morgan fingerprint density at radius 1 is 1.50 bits per heavy atom. The summed E-state index contributed by atoms with van der Waals surface area (Å²) < 4.78 is 28.0. The van der Waals surface area contributed by atoms with Crippen LogP contribution in [-0.4, -0.2) is 25.3 Å². The van der Waals surface area contributed by atoms with E-state index in [9.17, 15) is 8.42 Å². The molecule has 1 unspecified atom stereocenters. The molecule has 0 aliphatic carbocycles. The normalized spacial score (nSPS) is 21.9. The Kier molecular flexibility index (Phi) is 4.21. The fourth-order valence-electron chi connectivity index (χ4n) is 2.54. The van der Waals surface area contributed by atoms with E-state index in [1.807, 2.05) is 6.92 Å². The van der Waals surface area contributed by atoms with Crippen molar-refractivity contribution in [1.82, 2.24) is 4.31 Å². The Hall–Kier alpha value is 0.0900. The summed E-state index contributed by atoms with van der Waals surface area (Å²) in [6.07, 6.45) is 1.94. The second kappa shape index (κ2) is 5.23. The molecule has 0 aromatic carbocycles. The van der Waals surface area contributed by atoms with E-state index in [0.717, 1.165) is 21.5 Å². The molecule has 2 heterocycles. The molecule has 0 bridgehead atoms. The number of rotatable bonds is 3. The zero-order chi connectivity index (χ0) is 13.5. The molecule has 3 nitrogen and oxygen atoms in total. The van der Waals surface area contributed by atoms with E-state index in [-0.39, 0.29) is 6.04 Å². The second-order valence-corrected chi connectivity index (χ2v) is 9.53. The van der Waals surface area contributed by atoms with Gasteiger partial charge in [-0.25, -0.2) is 8.42 Å². The van der Waals surface area contributed by atoms with Crippen LogP contribution in [0.5, 0.6) is 0 Å². The lowest BCUT2D eigenvalue weighted by Crippen LogP contribution is -2.38. The third-order valence-electron chi connectivity index (χ3n) is 3.45. The fourth-order valence-corrected chi connectivity index (χ4v) is 6.75. The summed E-state index contributed by atoms with van der Waals surface area (Å²) in [6.45, 7) is 6.70. The average molecular weight is 352 g/mol. The lowest BCUT2D eigenvalue weighted by atomic mass is 10.0. The molecular formula is C12H18BrNO2S2. The van der Waals surface area contributed by atoms with E-state index in [1.54, 1.807) is 10.4 Å². The highest BCUT2D eigenvalue weighted by molar-refractivity contribution is 9.11. The van der Waals surface area contributed by atoms with E-state index in [2.05, 4.69) is 29.8 Å². The zero-order valence-electron chi connectivity index (χ0n) is 10.8. The molecule has 1 aliphatic rings. The summed E-state index contributed by atoms with van der Waals surface area (Å²) in [4.78, 5) is 1.32. The van der Waals surface area contributed by atoms with Gasteiger partial charge < -0.3 is 0 Å².